The molecule has 2 N–H and O–H groups in total. The highest BCUT2D eigenvalue weighted by atomic mass is 16.6. The van der Waals surface area contributed by atoms with Crippen LogP contribution in [0.5, 0.6) is 0 Å². The predicted molar refractivity (Wildman–Crippen MR) is 167 cm³/mol. The maximum atomic E-state index is 14.2. The molecule has 2 unspecified atom stereocenters. The van der Waals surface area contributed by atoms with Crippen molar-refractivity contribution in [1.82, 2.24) is 15.5 Å². The lowest BCUT2D eigenvalue weighted by molar-refractivity contribution is -0.159. The van der Waals surface area contributed by atoms with Crippen LogP contribution in [0.2, 0.25) is 0 Å². The zero-order valence-electron chi connectivity index (χ0n) is 27.0. The van der Waals surface area contributed by atoms with Crippen molar-refractivity contribution in [3.63, 3.8) is 0 Å². The zero-order chi connectivity index (χ0) is 32.2. The third-order valence-electron chi connectivity index (χ3n) is 6.41. The number of unbranched alkanes of at least 4 members (excludes halogenated alkanes) is 1. The maximum Gasteiger partial charge on any atom is 0.408 e. The van der Waals surface area contributed by atoms with Crippen molar-refractivity contribution in [2.45, 2.75) is 104 Å². The van der Waals surface area contributed by atoms with Crippen molar-refractivity contribution >= 4 is 23.9 Å². The van der Waals surface area contributed by atoms with E-state index in [1.54, 1.807) is 41.5 Å². The van der Waals surface area contributed by atoms with E-state index in [0.717, 1.165) is 24.0 Å². The number of benzene rings is 2. The van der Waals surface area contributed by atoms with Crippen LogP contribution in [0.4, 0.5) is 4.79 Å². The first-order chi connectivity index (χ1) is 20.1. The molecule has 0 aliphatic carbocycles. The molecule has 2 aromatic rings. The first-order valence-electron chi connectivity index (χ1n) is 15.1. The summed E-state index contributed by atoms with van der Waals surface area (Å²) in [5.41, 5.74) is 1.04. The Morgan fingerprint density at radius 1 is 0.814 bits per heavy atom. The van der Waals surface area contributed by atoms with Crippen molar-refractivity contribution in [3.8, 4) is 0 Å². The number of nitrogens with zero attached hydrogens (tertiary/aromatic N) is 1. The Bertz CT molecular complexity index is 1200. The number of carbonyl (C=O) groups is 4. The Morgan fingerprint density at radius 3 is 1.95 bits per heavy atom. The van der Waals surface area contributed by atoms with Gasteiger partial charge in [-0.1, -0.05) is 74.9 Å². The van der Waals surface area contributed by atoms with Crippen LogP contribution < -0.4 is 10.6 Å². The first kappa shape index (κ1) is 35.3. The topological polar surface area (TPSA) is 114 Å². The van der Waals surface area contributed by atoms with Crippen LogP contribution in [0.3, 0.4) is 0 Å². The van der Waals surface area contributed by atoms with Gasteiger partial charge in [-0.25, -0.2) is 9.59 Å². The van der Waals surface area contributed by atoms with E-state index < -0.39 is 47.2 Å². The van der Waals surface area contributed by atoms with Crippen LogP contribution in [0, 0.1) is 0 Å². The number of esters is 1. The summed E-state index contributed by atoms with van der Waals surface area (Å²) in [7, 11) is 0. The standard InChI is InChI=1S/C34H49N3O6/c1-9-11-21-37(28(38)23-35-32(41)43-34(6,7)8)29(26-19-17-24(10-2)18-20-26)30(39)36-27(31(40)42-33(3,4)5)22-25-15-13-12-14-16-25/h12-20,27,29H,9-11,21-23H2,1-8H3,(H,35,41)(H,36,39). The third kappa shape index (κ3) is 12.5. The molecule has 0 aromatic heterocycles. The molecule has 9 heteroatoms. The molecule has 0 saturated carbocycles. The lowest BCUT2D eigenvalue weighted by atomic mass is 9.99. The van der Waals surface area contributed by atoms with Gasteiger partial charge in [-0.15, -0.1) is 0 Å². The largest absolute Gasteiger partial charge is 0.458 e. The van der Waals surface area contributed by atoms with Crippen molar-refractivity contribution in [3.05, 3.63) is 71.3 Å². The summed E-state index contributed by atoms with van der Waals surface area (Å²) in [5, 5.41) is 5.42. The van der Waals surface area contributed by atoms with Crippen molar-refractivity contribution < 1.29 is 28.7 Å². The molecule has 0 saturated heterocycles. The van der Waals surface area contributed by atoms with Crippen LogP contribution in [-0.2, 0) is 36.7 Å². The van der Waals surface area contributed by atoms with E-state index >= 15 is 0 Å². The summed E-state index contributed by atoms with van der Waals surface area (Å²) in [5.74, 6) is -1.53. The SMILES string of the molecule is CCCCN(C(=O)CNC(=O)OC(C)(C)C)C(C(=O)NC(Cc1ccccc1)C(=O)OC(C)(C)C)c1ccc(CC)cc1. The number of alkyl carbamates (subject to hydrolysis) is 1. The fraction of sp³-hybridized carbons (Fsp3) is 0.529. The molecule has 0 aliphatic rings. The fourth-order valence-electron chi connectivity index (χ4n) is 4.36. The molecule has 0 radical (unpaired) electrons. The van der Waals surface area contributed by atoms with Gasteiger partial charge in [0.05, 0.1) is 0 Å². The molecule has 2 aromatic carbocycles. The molecule has 0 aliphatic heterocycles. The summed E-state index contributed by atoms with van der Waals surface area (Å²) in [4.78, 5) is 54.9. The van der Waals surface area contributed by atoms with Gasteiger partial charge < -0.3 is 25.0 Å². The van der Waals surface area contributed by atoms with E-state index in [2.05, 4.69) is 10.6 Å². The van der Waals surface area contributed by atoms with E-state index in [-0.39, 0.29) is 19.5 Å². The van der Waals surface area contributed by atoms with Gasteiger partial charge in [0.15, 0.2) is 0 Å². The van der Waals surface area contributed by atoms with Gasteiger partial charge in [0.2, 0.25) is 11.8 Å². The maximum absolute atomic E-state index is 14.2. The van der Waals surface area contributed by atoms with Gasteiger partial charge in [-0.2, -0.15) is 0 Å². The van der Waals surface area contributed by atoms with E-state index in [9.17, 15) is 19.2 Å². The zero-order valence-corrected chi connectivity index (χ0v) is 27.0. The molecule has 0 heterocycles. The number of hydrogen-bond acceptors (Lipinski definition) is 6. The average Bonchev–Trinajstić information content (AvgIpc) is 2.92. The molecule has 0 spiro atoms. The van der Waals surface area contributed by atoms with Crippen LogP contribution in [0.1, 0.15) is 91.0 Å². The highest BCUT2D eigenvalue weighted by Gasteiger charge is 2.35. The second kappa shape index (κ2) is 16.1. The monoisotopic (exact) mass is 595 g/mol. The lowest BCUT2D eigenvalue weighted by Crippen LogP contribution is -2.52. The Balaban J connectivity index is 2.47. The summed E-state index contributed by atoms with van der Waals surface area (Å²) in [6.45, 7) is 14.5. The van der Waals surface area contributed by atoms with Gasteiger partial charge in [-0.05, 0) is 71.1 Å². The smallest absolute Gasteiger partial charge is 0.408 e. The van der Waals surface area contributed by atoms with E-state index in [0.29, 0.717) is 12.0 Å². The van der Waals surface area contributed by atoms with Crippen LogP contribution >= 0.6 is 0 Å². The minimum Gasteiger partial charge on any atom is -0.458 e. The molecule has 0 fully saturated rings. The second-order valence-electron chi connectivity index (χ2n) is 12.6. The molecule has 9 nitrogen and oxygen atoms in total. The van der Waals surface area contributed by atoms with Crippen molar-refractivity contribution in [2.24, 2.45) is 0 Å². The molecule has 43 heavy (non-hydrogen) atoms. The molecular weight excluding hydrogens is 546 g/mol. The first-order valence-corrected chi connectivity index (χ1v) is 15.1. The van der Waals surface area contributed by atoms with E-state index in [1.807, 2.05) is 68.4 Å². The minimum absolute atomic E-state index is 0.214. The van der Waals surface area contributed by atoms with Crippen molar-refractivity contribution in [1.29, 1.82) is 0 Å². The van der Waals surface area contributed by atoms with Crippen molar-refractivity contribution in [2.75, 3.05) is 13.1 Å². The van der Waals surface area contributed by atoms with Crippen LogP contribution in [0.25, 0.3) is 0 Å². The predicted octanol–water partition coefficient (Wildman–Crippen LogP) is 5.51. The third-order valence-corrected chi connectivity index (χ3v) is 6.41. The average molecular weight is 596 g/mol. The molecule has 2 atom stereocenters. The summed E-state index contributed by atoms with van der Waals surface area (Å²) in [6.07, 6.45) is 1.71. The Kier molecular flexibility index (Phi) is 13.2. The lowest BCUT2D eigenvalue weighted by Gasteiger charge is -2.33. The highest BCUT2D eigenvalue weighted by molar-refractivity contribution is 5.92. The summed E-state index contributed by atoms with van der Waals surface area (Å²) < 4.78 is 11.0. The summed E-state index contributed by atoms with van der Waals surface area (Å²) in [6, 6.07) is 14.8. The number of nitrogens with one attached hydrogen (secondary N) is 2. The van der Waals surface area contributed by atoms with Gasteiger partial charge >= 0.3 is 12.1 Å². The Hall–Kier alpha value is -3.88. The number of ether oxygens (including phenoxy) is 2. The molecule has 0 bridgehead atoms. The number of rotatable bonds is 13. The van der Waals surface area contributed by atoms with E-state index in [1.165, 1.54) is 4.90 Å². The van der Waals surface area contributed by atoms with Gasteiger partial charge in [0.25, 0.3) is 0 Å². The molecule has 2 rings (SSSR count). The van der Waals surface area contributed by atoms with Gasteiger partial charge in [-0.3, -0.25) is 9.59 Å². The van der Waals surface area contributed by atoms with Crippen LogP contribution in [-0.4, -0.2) is 59.1 Å². The molecular formula is C34H49N3O6. The summed E-state index contributed by atoms with van der Waals surface area (Å²) >= 11 is 0. The quantitative estimate of drug-likeness (QED) is 0.295. The fourth-order valence-corrected chi connectivity index (χ4v) is 4.36. The second-order valence-corrected chi connectivity index (χ2v) is 12.6. The Morgan fingerprint density at radius 2 is 1.42 bits per heavy atom. The number of amides is 3. The number of aryl methyl sites for hydroxylation is 1. The molecule has 3 amide bonds. The Labute approximate surface area is 256 Å². The highest BCUT2D eigenvalue weighted by Crippen LogP contribution is 2.24. The van der Waals surface area contributed by atoms with Gasteiger partial charge in [0.1, 0.15) is 29.8 Å². The van der Waals surface area contributed by atoms with E-state index in [4.69, 9.17) is 9.47 Å². The number of hydrogen-bond donors (Lipinski definition) is 2. The van der Waals surface area contributed by atoms with Gasteiger partial charge in [0, 0.05) is 13.0 Å². The number of carbonyl (C=O) groups excluding carboxylic acids is 4. The minimum atomic E-state index is -1.05. The van der Waals surface area contributed by atoms with Crippen LogP contribution in [0.15, 0.2) is 54.6 Å². The molecule has 236 valence electrons. The normalized spacial score (nSPS) is 12.9.